The standard InChI is InChI=1S/C14H17F3N4O2S2/c1-9(2)18-12-19-20-13(25-12)24-7-11(22)21(8-14(15,16)17)6-10-4-3-5-23-10/h3-5,9H,6-8H2,1-2H3,(H,18,19). The van der Waals surface area contributed by atoms with Gasteiger partial charge in [0.05, 0.1) is 18.6 Å². The maximum absolute atomic E-state index is 12.7. The summed E-state index contributed by atoms with van der Waals surface area (Å²) in [6, 6.07) is 3.27. The topological polar surface area (TPSA) is 71.3 Å². The lowest BCUT2D eigenvalue weighted by atomic mass is 10.3. The lowest BCUT2D eigenvalue weighted by Gasteiger charge is -2.22. The molecule has 2 aromatic rings. The fourth-order valence-electron chi connectivity index (χ4n) is 1.83. The number of hydrogen-bond donors (Lipinski definition) is 1. The average molecular weight is 394 g/mol. The first kappa shape index (κ1) is 19.6. The summed E-state index contributed by atoms with van der Waals surface area (Å²) in [7, 11) is 0. The number of furan rings is 1. The third-order valence-corrected chi connectivity index (χ3v) is 4.76. The van der Waals surface area contributed by atoms with Crippen LogP contribution in [0.5, 0.6) is 0 Å². The van der Waals surface area contributed by atoms with E-state index in [0.717, 1.165) is 16.7 Å². The molecule has 2 heterocycles. The number of carbonyl (C=O) groups is 1. The van der Waals surface area contributed by atoms with Gasteiger partial charge in [-0.2, -0.15) is 13.2 Å². The molecule has 0 aliphatic rings. The molecule has 0 saturated heterocycles. The van der Waals surface area contributed by atoms with E-state index in [1.165, 1.54) is 23.7 Å². The molecule has 0 fully saturated rings. The molecule has 0 spiro atoms. The number of amides is 1. The molecule has 6 nitrogen and oxygen atoms in total. The van der Waals surface area contributed by atoms with Crippen LogP contribution >= 0.6 is 23.1 Å². The van der Waals surface area contributed by atoms with Crippen molar-refractivity contribution in [1.29, 1.82) is 0 Å². The van der Waals surface area contributed by atoms with Gasteiger partial charge in [-0.15, -0.1) is 10.2 Å². The van der Waals surface area contributed by atoms with E-state index < -0.39 is 18.6 Å². The van der Waals surface area contributed by atoms with Crippen LogP contribution in [-0.4, -0.2) is 45.5 Å². The smallest absolute Gasteiger partial charge is 0.406 e. The van der Waals surface area contributed by atoms with Crippen molar-refractivity contribution in [3.8, 4) is 0 Å². The second-order valence-corrected chi connectivity index (χ2v) is 7.61. The van der Waals surface area contributed by atoms with Crippen LogP contribution < -0.4 is 5.32 Å². The molecular weight excluding hydrogens is 377 g/mol. The van der Waals surface area contributed by atoms with E-state index in [2.05, 4.69) is 15.5 Å². The van der Waals surface area contributed by atoms with Crippen molar-refractivity contribution in [2.45, 2.75) is 37.0 Å². The Hall–Kier alpha value is -1.75. The first-order chi connectivity index (χ1) is 11.7. The molecule has 2 rings (SSSR count). The van der Waals surface area contributed by atoms with Gasteiger partial charge in [-0.3, -0.25) is 4.79 Å². The second-order valence-electron chi connectivity index (χ2n) is 5.41. The van der Waals surface area contributed by atoms with Gasteiger partial charge >= 0.3 is 6.18 Å². The van der Waals surface area contributed by atoms with Crippen molar-refractivity contribution < 1.29 is 22.4 Å². The Morgan fingerprint density at radius 2 is 2.20 bits per heavy atom. The molecule has 0 aromatic carbocycles. The first-order valence-electron chi connectivity index (χ1n) is 7.32. The number of halogens is 3. The Kier molecular flexibility index (Phi) is 6.71. The largest absolute Gasteiger partial charge is 0.467 e. The van der Waals surface area contributed by atoms with Crippen LogP contribution in [0.4, 0.5) is 18.3 Å². The van der Waals surface area contributed by atoms with Crippen LogP contribution in [-0.2, 0) is 11.3 Å². The summed E-state index contributed by atoms with van der Waals surface area (Å²) in [5.74, 6) is -0.512. The molecular formula is C14H17F3N4O2S2. The van der Waals surface area contributed by atoms with Crippen molar-refractivity contribution >= 4 is 34.1 Å². The number of hydrogen-bond acceptors (Lipinski definition) is 7. The number of nitrogens with one attached hydrogen (secondary N) is 1. The van der Waals surface area contributed by atoms with Crippen LogP contribution in [0.1, 0.15) is 19.6 Å². The van der Waals surface area contributed by atoms with Crippen molar-refractivity contribution in [2.24, 2.45) is 0 Å². The lowest BCUT2D eigenvalue weighted by molar-refractivity contribution is -0.161. The summed E-state index contributed by atoms with van der Waals surface area (Å²) < 4.78 is 43.7. The molecule has 0 radical (unpaired) electrons. The van der Waals surface area contributed by atoms with Crippen molar-refractivity contribution in [3.05, 3.63) is 24.2 Å². The zero-order valence-electron chi connectivity index (χ0n) is 13.5. The number of nitrogens with zero attached hydrogens (tertiary/aromatic N) is 3. The summed E-state index contributed by atoms with van der Waals surface area (Å²) in [5, 5.41) is 11.5. The van der Waals surface area contributed by atoms with Gasteiger partial charge in [0.2, 0.25) is 11.0 Å². The molecule has 0 atom stereocenters. The highest BCUT2D eigenvalue weighted by Gasteiger charge is 2.33. The van der Waals surface area contributed by atoms with E-state index in [1.807, 2.05) is 13.8 Å². The van der Waals surface area contributed by atoms with E-state index in [-0.39, 0.29) is 18.3 Å². The maximum atomic E-state index is 12.7. The third kappa shape index (κ3) is 6.94. The first-order valence-corrected chi connectivity index (χ1v) is 9.13. The Morgan fingerprint density at radius 3 is 2.80 bits per heavy atom. The molecule has 1 N–H and O–H groups in total. The van der Waals surface area contributed by atoms with Crippen LogP contribution in [0, 0.1) is 0 Å². The molecule has 1 amide bonds. The molecule has 0 bridgehead atoms. The van der Waals surface area contributed by atoms with Gasteiger partial charge in [-0.1, -0.05) is 23.1 Å². The predicted molar refractivity (Wildman–Crippen MR) is 89.6 cm³/mol. The second kappa shape index (κ2) is 8.56. The van der Waals surface area contributed by atoms with Gasteiger partial charge in [-0.05, 0) is 26.0 Å². The molecule has 0 saturated carbocycles. The minimum Gasteiger partial charge on any atom is -0.467 e. The Balaban J connectivity index is 1.95. The number of anilines is 1. The van der Waals surface area contributed by atoms with Crippen LogP contribution in [0.2, 0.25) is 0 Å². The minimum atomic E-state index is -4.48. The maximum Gasteiger partial charge on any atom is 0.406 e. The number of rotatable bonds is 8. The SMILES string of the molecule is CC(C)Nc1nnc(SCC(=O)N(Cc2ccco2)CC(F)(F)F)s1. The van der Waals surface area contributed by atoms with Crippen LogP contribution in [0.3, 0.4) is 0 Å². The zero-order chi connectivity index (χ0) is 18.4. The summed E-state index contributed by atoms with van der Waals surface area (Å²) in [6.07, 6.45) is -3.13. The van der Waals surface area contributed by atoms with Crippen molar-refractivity contribution in [3.63, 3.8) is 0 Å². The monoisotopic (exact) mass is 394 g/mol. The zero-order valence-corrected chi connectivity index (χ0v) is 15.2. The van der Waals surface area contributed by atoms with E-state index in [1.54, 1.807) is 6.07 Å². The van der Waals surface area contributed by atoms with Crippen molar-refractivity contribution in [2.75, 3.05) is 17.6 Å². The lowest BCUT2D eigenvalue weighted by Crippen LogP contribution is -2.39. The van der Waals surface area contributed by atoms with Gasteiger partial charge in [0.25, 0.3) is 0 Å². The molecule has 0 aliphatic heterocycles. The molecule has 138 valence electrons. The fraction of sp³-hybridized carbons (Fsp3) is 0.500. The summed E-state index contributed by atoms with van der Waals surface area (Å²) >= 11 is 2.31. The summed E-state index contributed by atoms with van der Waals surface area (Å²) in [6.45, 7) is 2.33. The molecule has 25 heavy (non-hydrogen) atoms. The normalized spacial score (nSPS) is 11.8. The number of aromatic nitrogens is 2. The van der Waals surface area contributed by atoms with Gasteiger partial charge in [-0.25, -0.2) is 0 Å². The highest BCUT2D eigenvalue weighted by Crippen LogP contribution is 2.27. The summed E-state index contributed by atoms with van der Waals surface area (Å²) in [5.41, 5.74) is 0. The van der Waals surface area contributed by atoms with E-state index in [9.17, 15) is 18.0 Å². The Bertz CT molecular complexity index is 674. The molecule has 0 aliphatic carbocycles. The van der Waals surface area contributed by atoms with E-state index in [4.69, 9.17) is 4.42 Å². The number of alkyl halides is 3. The highest BCUT2D eigenvalue weighted by molar-refractivity contribution is 8.01. The van der Waals surface area contributed by atoms with Gasteiger partial charge < -0.3 is 14.6 Å². The number of thioether (sulfide) groups is 1. The molecule has 11 heteroatoms. The Morgan fingerprint density at radius 1 is 1.44 bits per heavy atom. The fourth-order valence-corrected chi connectivity index (χ4v) is 3.63. The predicted octanol–water partition coefficient (Wildman–Crippen LogP) is 3.63. The molecule has 0 unspecified atom stereocenters. The van der Waals surface area contributed by atoms with E-state index >= 15 is 0 Å². The number of carbonyl (C=O) groups excluding carboxylic acids is 1. The summed E-state index contributed by atoms with van der Waals surface area (Å²) in [4.78, 5) is 12.9. The van der Waals surface area contributed by atoms with Crippen LogP contribution in [0.25, 0.3) is 0 Å². The minimum absolute atomic E-state index is 0.160. The quantitative estimate of drug-likeness (QED) is 0.690. The van der Waals surface area contributed by atoms with Gasteiger partial charge in [0.1, 0.15) is 12.3 Å². The highest BCUT2D eigenvalue weighted by atomic mass is 32.2. The van der Waals surface area contributed by atoms with Gasteiger partial charge in [0, 0.05) is 6.04 Å². The third-order valence-electron chi connectivity index (χ3n) is 2.79. The van der Waals surface area contributed by atoms with Crippen molar-refractivity contribution in [1.82, 2.24) is 15.1 Å². The van der Waals surface area contributed by atoms with E-state index in [0.29, 0.717) is 15.2 Å². The molecule has 2 aromatic heterocycles. The van der Waals surface area contributed by atoms with Gasteiger partial charge in [0.15, 0.2) is 4.34 Å². The average Bonchev–Trinajstić information content (AvgIpc) is 3.14. The van der Waals surface area contributed by atoms with Crippen LogP contribution in [0.15, 0.2) is 27.2 Å². The Labute approximate surface area is 150 Å².